The van der Waals surface area contributed by atoms with Gasteiger partial charge in [0, 0.05) is 18.9 Å². The molecular formula is C17H23NO3. The van der Waals surface area contributed by atoms with E-state index >= 15 is 0 Å². The molecule has 2 unspecified atom stereocenters. The normalized spacial score (nSPS) is 19.3. The summed E-state index contributed by atoms with van der Waals surface area (Å²) in [6, 6.07) is 8.22. The van der Waals surface area contributed by atoms with Crippen molar-refractivity contribution < 1.29 is 14.7 Å². The van der Waals surface area contributed by atoms with Crippen LogP contribution in [0.3, 0.4) is 0 Å². The van der Waals surface area contributed by atoms with Crippen LogP contribution in [0, 0.1) is 11.3 Å². The summed E-state index contributed by atoms with van der Waals surface area (Å²) in [5.74, 6) is -0.829. The van der Waals surface area contributed by atoms with E-state index in [1.54, 1.807) is 6.92 Å². The first-order valence-corrected chi connectivity index (χ1v) is 7.42. The van der Waals surface area contributed by atoms with E-state index in [0.29, 0.717) is 12.5 Å². The molecule has 1 aliphatic carbocycles. The minimum Gasteiger partial charge on any atom is -0.481 e. The lowest BCUT2D eigenvalue weighted by atomic mass is 9.75. The van der Waals surface area contributed by atoms with Gasteiger partial charge in [-0.1, -0.05) is 38.1 Å². The van der Waals surface area contributed by atoms with E-state index in [1.165, 1.54) is 11.1 Å². The zero-order valence-electron chi connectivity index (χ0n) is 12.8. The molecule has 0 saturated heterocycles. The summed E-state index contributed by atoms with van der Waals surface area (Å²) < 4.78 is 0. The third-order valence-corrected chi connectivity index (χ3v) is 4.80. The van der Waals surface area contributed by atoms with Crippen molar-refractivity contribution in [2.75, 3.05) is 6.54 Å². The molecule has 1 aliphatic rings. The van der Waals surface area contributed by atoms with Gasteiger partial charge in [0.25, 0.3) is 0 Å². The van der Waals surface area contributed by atoms with E-state index in [1.807, 2.05) is 26.0 Å². The molecule has 1 aromatic carbocycles. The monoisotopic (exact) mass is 289 g/mol. The zero-order valence-corrected chi connectivity index (χ0v) is 12.8. The lowest BCUT2D eigenvalue weighted by Gasteiger charge is -2.31. The molecule has 0 bridgehead atoms. The van der Waals surface area contributed by atoms with Crippen molar-refractivity contribution in [2.45, 2.75) is 39.5 Å². The molecule has 0 aliphatic heterocycles. The summed E-state index contributed by atoms with van der Waals surface area (Å²) in [5, 5.41) is 12.2. The number of aliphatic carboxylic acids is 1. The second-order valence-corrected chi connectivity index (χ2v) is 6.46. The molecule has 0 spiro atoms. The van der Waals surface area contributed by atoms with E-state index in [-0.39, 0.29) is 18.2 Å². The Morgan fingerprint density at radius 2 is 2.05 bits per heavy atom. The van der Waals surface area contributed by atoms with E-state index in [9.17, 15) is 14.7 Å². The van der Waals surface area contributed by atoms with Gasteiger partial charge in [-0.25, -0.2) is 0 Å². The zero-order chi connectivity index (χ0) is 15.6. The summed E-state index contributed by atoms with van der Waals surface area (Å²) in [4.78, 5) is 23.4. The number of rotatable bonds is 6. The molecule has 114 valence electrons. The van der Waals surface area contributed by atoms with Crippen molar-refractivity contribution in [2.24, 2.45) is 11.3 Å². The molecule has 2 rings (SSSR count). The van der Waals surface area contributed by atoms with Gasteiger partial charge in [-0.05, 0) is 30.4 Å². The summed E-state index contributed by atoms with van der Waals surface area (Å²) in [5.41, 5.74) is 1.62. The van der Waals surface area contributed by atoms with Crippen molar-refractivity contribution in [3.05, 3.63) is 35.4 Å². The molecule has 1 aromatic rings. The summed E-state index contributed by atoms with van der Waals surface area (Å²) in [6.07, 6.45) is 1.01. The molecule has 4 nitrogen and oxygen atoms in total. The van der Waals surface area contributed by atoms with Gasteiger partial charge < -0.3 is 10.4 Å². The smallest absolute Gasteiger partial charge is 0.310 e. The first kappa shape index (κ1) is 15.5. The fraction of sp³-hybridized carbons (Fsp3) is 0.529. The van der Waals surface area contributed by atoms with Crippen LogP contribution >= 0.6 is 0 Å². The van der Waals surface area contributed by atoms with Gasteiger partial charge in [-0.2, -0.15) is 0 Å². The Bertz CT molecular complexity index is 553. The molecule has 2 atom stereocenters. The number of benzene rings is 1. The Kier molecular flexibility index (Phi) is 4.35. The Balaban J connectivity index is 1.88. The molecule has 0 fully saturated rings. The van der Waals surface area contributed by atoms with Crippen molar-refractivity contribution in [3.8, 4) is 0 Å². The van der Waals surface area contributed by atoms with Gasteiger partial charge >= 0.3 is 5.97 Å². The predicted molar refractivity (Wildman–Crippen MR) is 81.1 cm³/mol. The molecule has 0 radical (unpaired) electrons. The van der Waals surface area contributed by atoms with Gasteiger partial charge in [0.1, 0.15) is 0 Å². The van der Waals surface area contributed by atoms with E-state index < -0.39 is 11.4 Å². The number of carbonyl (C=O) groups is 2. The van der Waals surface area contributed by atoms with Crippen LogP contribution in [0.25, 0.3) is 0 Å². The largest absolute Gasteiger partial charge is 0.481 e. The molecule has 0 aromatic heterocycles. The number of nitrogens with one attached hydrogen (secondary N) is 1. The summed E-state index contributed by atoms with van der Waals surface area (Å²) >= 11 is 0. The molecule has 1 amide bonds. The lowest BCUT2D eigenvalue weighted by molar-refractivity contribution is -0.153. The predicted octanol–water partition coefficient (Wildman–Crippen LogP) is 2.58. The Morgan fingerprint density at radius 3 is 2.62 bits per heavy atom. The van der Waals surface area contributed by atoms with Gasteiger partial charge in [-0.3, -0.25) is 9.59 Å². The Morgan fingerprint density at radius 1 is 1.38 bits per heavy atom. The van der Waals surface area contributed by atoms with Crippen LogP contribution in [-0.4, -0.2) is 23.5 Å². The number of hydrogen-bond acceptors (Lipinski definition) is 2. The average molecular weight is 289 g/mol. The number of fused-ring (bicyclic) bond motifs is 1. The van der Waals surface area contributed by atoms with Crippen molar-refractivity contribution in [1.82, 2.24) is 5.32 Å². The third-order valence-electron chi connectivity index (χ3n) is 4.80. The Labute approximate surface area is 125 Å². The van der Waals surface area contributed by atoms with Crippen LogP contribution in [0.2, 0.25) is 0 Å². The number of amides is 1. The number of carbonyl (C=O) groups excluding carboxylic acids is 1. The average Bonchev–Trinajstić information content (AvgIpc) is 2.39. The van der Waals surface area contributed by atoms with Gasteiger partial charge in [0.05, 0.1) is 5.41 Å². The third kappa shape index (κ3) is 3.09. The van der Waals surface area contributed by atoms with Gasteiger partial charge in [0.15, 0.2) is 0 Å². The summed E-state index contributed by atoms with van der Waals surface area (Å²) in [7, 11) is 0. The maximum absolute atomic E-state index is 12.0. The summed E-state index contributed by atoms with van der Waals surface area (Å²) in [6.45, 7) is 5.90. The first-order chi connectivity index (χ1) is 9.84. The highest BCUT2D eigenvalue weighted by atomic mass is 16.4. The lowest BCUT2D eigenvalue weighted by Crippen LogP contribution is -2.41. The number of hydrogen-bond donors (Lipinski definition) is 2. The van der Waals surface area contributed by atoms with E-state index in [4.69, 9.17) is 0 Å². The topological polar surface area (TPSA) is 66.4 Å². The van der Waals surface area contributed by atoms with Crippen molar-refractivity contribution in [3.63, 3.8) is 0 Å². The highest BCUT2D eigenvalue weighted by Gasteiger charge is 2.39. The fourth-order valence-electron chi connectivity index (χ4n) is 2.70. The van der Waals surface area contributed by atoms with Crippen LogP contribution in [0.5, 0.6) is 0 Å². The second kappa shape index (κ2) is 5.88. The number of carboxylic acids is 1. The minimum atomic E-state index is -1.01. The molecule has 2 N–H and O–H groups in total. The first-order valence-electron chi connectivity index (χ1n) is 7.42. The number of carboxylic acid groups (broad SMARTS) is 1. The van der Waals surface area contributed by atoms with Crippen molar-refractivity contribution in [1.29, 1.82) is 0 Å². The quantitative estimate of drug-likeness (QED) is 0.846. The van der Waals surface area contributed by atoms with Gasteiger partial charge in [-0.15, -0.1) is 0 Å². The maximum atomic E-state index is 12.0. The molecular weight excluding hydrogens is 266 g/mol. The minimum absolute atomic E-state index is 0.0222. The molecule has 21 heavy (non-hydrogen) atoms. The molecule has 4 heteroatoms. The Hall–Kier alpha value is -1.84. The van der Waals surface area contributed by atoms with Crippen molar-refractivity contribution >= 4 is 11.9 Å². The van der Waals surface area contributed by atoms with E-state index in [0.717, 1.165) is 6.42 Å². The van der Waals surface area contributed by atoms with E-state index in [2.05, 4.69) is 17.4 Å². The maximum Gasteiger partial charge on any atom is 0.310 e. The second-order valence-electron chi connectivity index (χ2n) is 6.46. The standard InChI is InChI=1S/C17H23NO3/c1-11(2)17(3,16(20)21)9-15(19)18-10-13-8-12-6-4-5-7-14(12)13/h4-7,11,13H,8-10H2,1-3H3,(H,18,19)(H,20,21). The molecule has 0 heterocycles. The highest BCUT2D eigenvalue weighted by molar-refractivity contribution is 5.84. The van der Waals surface area contributed by atoms with Gasteiger partial charge in [0.2, 0.25) is 5.91 Å². The van der Waals surface area contributed by atoms with Crippen LogP contribution in [0.1, 0.15) is 44.2 Å². The molecule has 0 saturated carbocycles. The fourth-order valence-corrected chi connectivity index (χ4v) is 2.70. The van der Waals surface area contributed by atoms with Crippen LogP contribution in [0.4, 0.5) is 0 Å². The highest BCUT2D eigenvalue weighted by Crippen LogP contribution is 2.34. The van der Waals surface area contributed by atoms with Crippen LogP contribution < -0.4 is 5.32 Å². The van der Waals surface area contributed by atoms with Crippen LogP contribution in [0.15, 0.2) is 24.3 Å². The van der Waals surface area contributed by atoms with Crippen LogP contribution in [-0.2, 0) is 16.0 Å². The SMILES string of the molecule is CC(C)C(C)(CC(=O)NCC1Cc2ccccc21)C(=O)O.